The number of aliphatic hydroxyl groups is 1. The van der Waals surface area contributed by atoms with Gasteiger partial charge in [0.05, 0.1) is 24.0 Å². The third kappa shape index (κ3) is 5.02. The molecule has 0 saturated heterocycles. The van der Waals surface area contributed by atoms with Crippen molar-refractivity contribution in [2.45, 2.75) is 19.9 Å². The highest BCUT2D eigenvalue weighted by atomic mass is 79.9. The molecule has 0 unspecified atom stereocenters. The molecular formula is C20H21BrFN5O. The van der Waals surface area contributed by atoms with E-state index in [4.69, 9.17) is 0 Å². The summed E-state index contributed by atoms with van der Waals surface area (Å²) in [7, 11) is 0. The summed E-state index contributed by atoms with van der Waals surface area (Å²) < 4.78 is 14.0. The molecule has 0 aliphatic rings. The number of halogens is 2. The zero-order valence-corrected chi connectivity index (χ0v) is 17.1. The summed E-state index contributed by atoms with van der Waals surface area (Å²) in [5.74, 6) is 0.776. The van der Waals surface area contributed by atoms with E-state index in [1.165, 1.54) is 12.1 Å². The van der Waals surface area contributed by atoms with Gasteiger partial charge in [0.25, 0.3) is 0 Å². The van der Waals surface area contributed by atoms with E-state index in [0.29, 0.717) is 27.6 Å². The Labute approximate surface area is 171 Å². The van der Waals surface area contributed by atoms with Crippen molar-refractivity contribution in [3.05, 3.63) is 59.1 Å². The number of benzene rings is 1. The third-order valence-electron chi connectivity index (χ3n) is 4.19. The fraction of sp³-hybridized carbons (Fsp3) is 0.250. The molecule has 0 aliphatic heterocycles. The van der Waals surface area contributed by atoms with Crippen molar-refractivity contribution in [2.75, 3.05) is 17.2 Å². The van der Waals surface area contributed by atoms with E-state index in [2.05, 4.69) is 41.5 Å². The van der Waals surface area contributed by atoms with E-state index >= 15 is 0 Å². The van der Waals surface area contributed by atoms with Crippen LogP contribution in [0.5, 0.6) is 0 Å². The molecule has 8 heteroatoms. The predicted molar refractivity (Wildman–Crippen MR) is 112 cm³/mol. The molecule has 28 heavy (non-hydrogen) atoms. The Hall–Kier alpha value is -2.58. The van der Waals surface area contributed by atoms with Gasteiger partial charge in [-0.2, -0.15) is 4.98 Å². The predicted octanol–water partition coefficient (Wildman–Crippen LogP) is 4.61. The molecule has 0 radical (unpaired) electrons. The minimum Gasteiger partial charge on any atom is -0.394 e. The lowest BCUT2D eigenvalue weighted by molar-refractivity contribution is 0.248. The molecule has 0 spiro atoms. The Balaban J connectivity index is 1.99. The molecule has 6 nitrogen and oxygen atoms in total. The van der Waals surface area contributed by atoms with Crippen molar-refractivity contribution >= 4 is 33.4 Å². The first-order chi connectivity index (χ1) is 13.5. The van der Waals surface area contributed by atoms with Gasteiger partial charge >= 0.3 is 0 Å². The Kier molecular flexibility index (Phi) is 6.53. The van der Waals surface area contributed by atoms with E-state index in [1.54, 1.807) is 24.5 Å². The normalized spacial score (nSPS) is 12.1. The summed E-state index contributed by atoms with van der Waals surface area (Å²) in [6.07, 6.45) is 3.41. The van der Waals surface area contributed by atoms with Crippen LogP contribution in [0, 0.1) is 11.7 Å². The number of nitrogens with one attached hydrogen (secondary N) is 2. The van der Waals surface area contributed by atoms with Crippen LogP contribution in [0.2, 0.25) is 0 Å². The molecule has 0 fully saturated rings. The average molecular weight is 446 g/mol. The van der Waals surface area contributed by atoms with Gasteiger partial charge in [0.15, 0.2) is 0 Å². The minimum absolute atomic E-state index is 0.0373. The SMILES string of the molecule is CC(C)[C@H](CO)Nc1nc(Nc2ccc(F)cc2Br)cc(-c2cccnc2)n1. The number of anilines is 3. The van der Waals surface area contributed by atoms with Crippen LogP contribution in [0.1, 0.15) is 13.8 Å². The standard InChI is InChI=1S/C20H21BrFN5O/c1-12(2)18(11-28)26-20-25-17(13-4-3-7-23-10-13)9-19(27-20)24-16-6-5-14(22)8-15(16)21/h3-10,12,18,28H,11H2,1-2H3,(H2,24,25,26,27)/t18-/m0/s1. The van der Waals surface area contributed by atoms with Crippen LogP contribution in [0.4, 0.5) is 21.8 Å². The Bertz CT molecular complexity index is 939. The van der Waals surface area contributed by atoms with Crippen LogP contribution in [-0.4, -0.2) is 32.7 Å². The van der Waals surface area contributed by atoms with E-state index in [-0.39, 0.29) is 24.4 Å². The molecule has 1 aromatic carbocycles. The number of hydrogen-bond donors (Lipinski definition) is 3. The zero-order valence-electron chi connectivity index (χ0n) is 15.5. The molecule has 2 aromatic heterocycles. The number of aromatic nitrogens is 3. The highest BCUT2D eigenvalue weighted by Gasteiger charge is 2.15. The van der Waals surface area contributed by atoms with Gasteiger partial charge in [-0.05, 0) is 52.2 Å². The van der Waals surface area contributed by atoms with Crippen LogP contribution < -0.4 is 10.6 Å². The summed E-state index contributed by atoms with van der Waals surface area (Å²) >= 11 is 3.35. The van der Waals surface area contributed by atoms with Gasteiger partial charge in [0, 0.05) is 28.5 Å². The third-order valence-corrected chi connectivity index (χ3v) is 4.85. The highest BCUT2D eigenvalue weighted by molar-refractivity contribution is 9.10. The van der Waals surface area contributed by atoms with Gasteiger partial charge < -0.3 is 15.7 Å². The van der Waals surface area contributed by atoms with Gasteiger partial charge in [0.1, 0.15) is 11.6 Å². The minimum atomic E-state index is -0.332. The first kappa shape index (κ1) is 20.2. The lowest BCUT2D eigenvalue weighted by atomic mass is 10.1. The smallest absolute Gasteiger partial charge is 0.225 e. The van der Waals surface area contributed by atoms with E-state index in [0.717, 1.165) is 5.56 Å². The first-order valence-corrected chi connectivity index (χ1v) is 9.64. The Morgan fingerprint density at radius 3 is 2.64 bits per heavy atom. The van der Waals surface area contributed by atoms with Crippen molar-refractivity contribution in [1.29, 1.82) is 0 Å². The molecule has 0 amide bonds. The second kappa shape index (κ2) is 9.07. The largest absolute Gasteiger partial charge is 0.394 e. The fourth-order valence-electron chi connectivity index (χ4n) is 2.56. The van der Waals surface area contributed by atoms with Crippen LogP contribution >= 0.6 is 15.9 Å². The quantitative estimate of drug-likeness (QED) is 0.492. The van der Waals surface area contributed by atoms with Gasteiger partial charge in [0.2, 0.25) is 5.95 Å². The summed E-state index contributed by atoms with van der Waals surface area (Å²) in [4.78, 5) is 13.2. The number of hydrogen-bond acceptors (Lipinski definition) is 6. The van der Waals surface area contributed by atoms with Crippen molar-refractivity contribution in [3.8, 4) is 11.3 Å². The molecule has 0 saturated carbocycles. The summed E-state index contributed by atoms with van der Waals surface area (Å²) in [6.45, 7) is 3.98. The van der Waals surface area contributed by atoms with Gasteiger partial charge in [-0.3, -0.25) is 4.98 Å². The lowest BCUT2D eigenvalue weighted by Gasteiger charge is -2.20. The molecule has 3 rings (SSSR count). The number of rotatable bonds is 7. The van der Waals surface area contributed by atoms with Gasteiger partial charge in [-0.15, -0.1) is 0 Å². The van der Waals surface area contributed by atoms with Gasteiger partial charge in [-0.25, -0.2) is 9.37 Å². The fourth-order valence-corrected chi connectivity index (χ4v) is 3.01. The number of pyridine rings is 1. The van der Waals surface area contributed by atoms with Crippen molar-refractivity contribution in [3.63, 3.8) is 0 Å². The monoisotopic (exact) mass is 445 g/mol. The van der Waals surface area contributed by atoms with Crippen LogP contribution in [0.25, 0.3) is 11.3 Å². The van der Waals surface area contributed by atoms with E-state index in [9.17, 15) is 9.50 Å². The van der Waals surface area contributed by atoms with Crippen LogP contribution in [0.3, 0.4) is 0 Å². The molecule has 146 valence electrons. The van der Waals surface area contributed by atoms with E-state index < -0.39 is 0 Å². The summed E-state index contributed by atoms with van der Waals surface area (Å²) in [5, 5.41) is 16.0. The van der Waals surface area contributed by atoms with E-state index in [1.807, 2.05) is 26.0 Å². The van der Waals surface area contributed by atoms with Gasteiger partial charge in [-0.1, -0.05) is 13.8 Å². The van der Waals surface area contributed by atoms with Crippen molar-refractivity contribution in [2.24, 2.45) is 5.92 Å². The average Bonchev–Trinajstić information content (AvgIpc) is 2.68. The molecule has 0 aliphatic carbocycles. The maximum atomic E-state index is 13.4. The lowest BCUT2D eigenvalue weighted by Crippen LogP contribution is -2.30. The maximum Gasteiger partial charge on any atom is 0.225 e. The maximum absolute atomic E-state index is 13.4. The van der Waals surface area contributed by atoms with Crippen molar-refractivity contribution in [1.82, 2.24) is 15.0 Å². The molecule has 1 atom stereocenters. The second-order valence-corrected chi connectivity index (χ2v) is 7.48. The number of nitrogens with zero attached hydrogens (tertiary/aromatic N) is 3. The first-order valence-electron chi connectivity index (χ1n) is 8.85. The highest BCUT2D eigenvalue weighted by Crippen LogP contribution is 2.28. The molecular weight excluding hydrogens is 425 g/mol. The van der Waals surface area contributed by atoms with Crippen molar-refractivity contribution < 1.29 is 9.50 Å². The number of aliphatic hydroxyl groups excluding tert-OH is 1. The second-order valence-electron chi connectivity index (χ2n) is 6.63. The topological polar surface area (TPSA) is 83.0 Å². The summed E-state index contributed by atoms with van der Waals surface area (Å²) in [5.41, 5.74) is 2.18. The van der Waals surface area contributed by atoms with Crippen LogP contribution in [0.15, 0.2) is 53.3 Å². The molecule has 3 aromatic rings. The molecule has 2 heterocycles. The molecule has 3 N–H and O–H groups in total. The zero-order chi connectivity index (χ0) is 20.1. The summed E-state index contributed by atoms with van der Waals surface area (Å²) in [6, 6.07) is 9.72. The van der Waals surface area contributed by atoms with Crippen LogP contribution in [-0.2, 0) is 0 Å². The molecule has 0 bridgehead atoms. The Morgan fingerprint density at radius 2 is 2.00 bits per heavy atom. The Morgan fingerprint density at radius 1 is 1.18 bits per heavy atom.